The highest BCUT2D eigenvalue weighted by Crippen LogP contribution is 2.35. The van der Waals surface area contributed by atoms with Gasteiger partial charge < -0.3 is 11.5 Å². The van der Waals surface area contributed by atoms with E-state index in [1.165, 1.54) is 6.07 Å². The molecule has 1 aliphatic rings. The van der Waals surface area contributed by atoms with Crippen LogP contribution >= 0.6 is 48.8 Å². The van der Waals surface area contributed by atoms with Crippen LogP contribution in [-0.2, 0) is 7.66 Å². The van der Waals surface area contributed by atoms with Crippen molar-refractivity contribution < 1.29 is 21.1 Å². The number of carbonyl (C=O) groups is 2. The van der Waals surface area contributed by atoms with Crippen molar-refractivity contribution >= 4 is 60.3 Å². The van der Waals surface area contributed by atoms with E-state index in [0.717, 1.165) is 0 Å². The number of benzene rings is 1. The lowest BCUT2D eigenvalue weighted by Crippen LogP contribution is -2.23. The minimum absolute atomic E-state index is 0.113. The lowest BCUT2D eigenvalue weighted by molar-refractivity contribution is 0.0913. The molecule has 0 saturated carbocycles. The van der Waals surface area contributed by atoms with Crippen molar-refractivity contribution in [3.8, 4) is 5.75 Å². The fourth-order valence-corrected chi connectivity index (χ4v) is 2.46. The van der Waals surface area contributed by atoms with Gasteiger partial charge in [0.2, 0.25) is 23.1 Å². The number of rotatable bonds is 3. The maximum absolute atomic E-state index is 12.2. The highest BCUT2D eigenvalue weighted by Gasteiger charge is 2.37. The minimum atomic E-state index is -0.522. The summed E-state index contributed by atoms with van der Waals surface area (Å²) in [5, 5.41) is 0. The molecule has 0 spiro atoms. The standard InChI is InChI=1S/C10H3Br3O5/c11-16-5-3-1-2-4-6(5)8(15)10(18-13)9(17-12)7(4)14/h1-3H. The quantitative estimate of drug-likeness (QED) is 0.715. The summed E-state index contributed by atoms with van der Waals surface area (Å²) >= 11 is 8.13. The van der Waals surface area contributed by atoms with Gasteiger partial charge in [0.05, 0.1) is 5.56 Å². The average Bonchev–Trinajstić information content (AvgIpc) is 2.41. The predicted octanol–water partition coefficient (Wildman–Crippen LogP) is 3.62. The maximum atomic E-state index is 12.2. The van der Waals surface area contributed by atoms with Gasteiger partial charge in [-0.3, -0.25) is 9.59 Å². The fraction of sp³-hybridized carbons (Fsp3) is 0. The van der Waals surface area contributed by atoms with Crippen molar-refractivity contribution in [3.63, 3.8) is 0 Å². The first-order chi connectivity index (χ1) is 8.65. The first-order valence-corrected chi connectivity index (χ1v) is 6.42. The van der Waals surface area contributed by atoms with Gasteiger partial charge in [-0.15, -0.1) is 0 Å². The fourth-order valence-electron chi connectivity index (χ4n) is 1.60. The molecule has 0 saturated heterocycles. The van der Waals surface area contributed by atoms with Crippen LogP contribution in [0.25, 0.3) is 0 Å². The third-order valence-electron chi connectivity index (χ3n) is 2.35. The molecule has 0 fully saturated rings. The van der Waals surface area contributed by atoms with E-state index in [9.17, 15) is 9.59 Å². The van der Waals surface area contributed by atoms with Crippen LogP contribution in [0.2, 0.25) is 0 Å². The summed E-state index contributed by atoms with van der Waals surface area (Å²) in [5.41, 5.74) is 0.293. The summed E-state index contributed by atoms with van der Waals surface area (Å²) in [4.78, 5) is 24.3. The molecule has 0 aromatic heterocycles. The molecule has 0 atom stereocenters. The van der Waals surface area contributed by atoms with Gasteiger partial charge in [0.25, 0.3) is 0 Å². The summed E-state index contributed by atoms with van der Waals surface area (Å²) in [7, 11) is 0. The zero-order chi connectivity index (χ0) is 13.3. The van der Waals surface area contributed by atoms with Crippen molar-refractivity contribution in [1.82, 2.24) is 0 Å². The maximum Gasteiger partial charge on any atom is 0.237 e. The first kappa shape index (κ1) is 13.6. The van der Waals surface area contributed by atoms with E-state index < -0.39 is 11.6 Å². The van der Waals surface area contributed by atoms with Crippen LogP contribution in [0.3, 0.4) is 0 Å². The van der Waals surface area contributed by atoms with Crippen LogP contribution in [0.1, 0.15) is 20.7 Å². The lowest BCUT2D eigenvalue weighted by Gasteiger charge is -2.18. The monoisotopic (exact) mass is 440 g/mol. The van der Waals surface area contributed by atoms with Gasteiger partial charge in [-0.25, -0.2) is 0 Å². The zero-order valence-electron chi connectivity index (χ0n) is 8.41. The molecular weight excluding hydrogens is 440 g/mol. The normalized spacial score (nSPS) is 14.4. The Morgan fingerprint density at radius 2 is 1.44 bits per heavy atom. The van der Waals surface area contributed by atoms with Gasteiger partial charge >= 0.3 is 0 Å². The molecule has 0 N–H and O–H groups in total. The molecule has 0 heterocycles. The van der Waals surface area contributed by atoms with E-state index >= 15 is 0 Å². The number of allylic oxidation sites excluding steroid dienone is 2. The number of halogens is 3. The Morgan fingerprint density at radius 3 is 2.00 bits per heavy atom. The molecule has 1 aromatic carbocycles. The van der Waals surface area contributed by atoms with Crippen molar-refractivity contribution in [3.05, 3.63) is 40.8 Å². The van der Waals surface area contributed by atoms with Gasteiger partial charge in [0.1, 0.15) is 5.75 Å². The Kier molecular flexibility index (Phi) is 4.08. The molecule has 0 bridgehead atoms. The molecule has 5 nitrogen and oxygen atoms in total. The Hall–Kier alpha value is -0.860. The van der Waals surface area contributed by atoms with E-state index in [4.69, 9.17) is 11.5 Å². The van der Waals surface area contributed by atoms with E-state index in [2.05, 4.69) is 48.8 Å². The first-order valence-electron chi connectivity index (χ1n) is 4.48. The minimum Gasteiger partial charge on any atom is -0.417 e. The van der Waals surface area contributed by atoms with Crippen LogP contribution < -0.4 is 3.83 Å². The Labute approximate surface area is 127 Å². The third-order valence-corrected chi connectivity index (χ3v) is 3.35. The molecule has 0 unspecified atom stereocenters. The molecule has 1 aromatic rings. The number of Topliss-reactive ketones (excluding diaryl/α,β-unsaturated/α-hetero) is 2. The Balaban J connectivity index is 2.72. The van der Waals surface area contributed by atoms with E-state index in [1.54, 1.807) is 12.1 Å². The lowest BCUT2D eigenvalue weighted by atomic mass is 9.91. The Bertz CT molecular complexity index is 567. The second-order valence-corrected chi connectivity index (χ2v) is 4.20. The second kappa shape index (κ2) is 5.41. The smallest absolute Gasteiger partial charge is 0.237 e. The number of hydrogen-bond acceptors (Lipinski definition) is 5. The molecule has 1 aliphatic carbocycles. The van der Waals surface area contributed by atoms with Gasteiger partial charge in [0, 0.05) is 5.56 Å². The largest absolute Gasteiger partial charge is 0.417 e. The van der Waals surface area contributed by atoms with Crippen molar-refractivity contribution in [1.29, 1.82) is 0 Å². The summed E-state index contributed by atoms with van der Waals surface area (Å²) in [6.45, 7) is 0. The summed E-state index contributed by atoms with van der Waals surface area (Å²) in [6, 6.07) is 4.64. The zero-order valence-corrected chi connectivity index (χ0v) is 13.2. The summed E-state index contributed by atoms with van der Waals surface area (Å²) < 4.78 is 14.3. The van der Waals surface area contributed by atoms with E-state index in [0.29, 0.717) is 0 Å². The molecule has 8 heteroatoms. The predicted molar refractivity (Wildman–Crippen MR) is 71.7 cm³/mol. The summed E-state index contributed by atoms with van der Waals surface area (Å²) in [5.74, 6) is -1.26. The van der Waals surface area contributed by atoms with Crippen LogP contribution in [0.4, 0.5) is 0 Å². The molecule has 2 rings (SSSR count). The van der Waals surface area contributed by atoms with Crippen molar-refractivity contribution in [2.75, 3.05) is 0 Å². The van der Waals surface area contributed by atoms with E-state index in [1.807, 2.05) is 0 Å². The van der Waals surface area contributed by atoms with Crippen LogP contribution in [-0.4, -0.2) is 11.6 Å². The molecule has 18 heavy (non-hydrogen) atoms. The molecule has 0 amide bonds. The van der Waals surface area contributed by atoms with Gasteiger partial charge in [0.15, 0.2) is 48.8 Å². The van der Waals surface area contributed by atoms with Crippen LogP contribution in [0.15, 0.2) is 29.7 Å². The van der Waals surface area contributed by atoms with Crippen molar-refractivity contribution in [2.45, 2.75) is 0 Å². The van der Waals surface area contributed by atoms with Crippen LogP contribution in [0.5, 0.6) is 5.75 Å². The molecule has 0 aliphatic heterocycles. The molecular formula is C10H3Br3O5. The number of carbonyl (C=O) groups excluding carboxylic acids is 2. The Morgan fingerprint density at radius 1 is 0.833 bits per heavy atom. The SMILES string of the molecule is O=C1C(OBr)=C(OBr)C(=O)c2c(OBr)cccc21. The van der Waals surface area contributed by atoms with Gasteiger partial charge in [-0.05, 0) is 12.1 Å². The molecule has 0 radical (unpaired) electrons. The summed E-state index contributed by atoms with van der Waals surface area (Å²) in [6.07, 6.45) is 0. The van der Waals surface area contributed by atoms with Gasteiger partial charge in [-0.1, -0.05) is 6.07 Å². The number of fused-ring (bicyclic) bond motifs is 1. The third kappa shape index (κ3) is 1.98. The van der Waals surface area contributed by atoms with Gasteiger partial charge in [-0.2, -0.15) is 0 Å². The van der Waals surface area contributed by atoms with Crippen molar-refractivity contribution in [2.24, 2.45) is 0 Å². The highest BCUT2D eigenvalue weighted by molar-refractivity contribution is 9.06. The average molecular weight is 443 g/mol. The highest BCUT2D eigenvalue weighted by atomic mass is 79.9. The second-order valence-electron chi connectivity index (χ2n) is 3.23. The number of ketones is 2. The van der Waals surface area contributed by atoms with E-state index in [-0.39, 0.29) is 28.4 Å². The number of hydrogen-bond donors (Lipinski definition) is 0. The van der Waals surface area contributed by atoms with Crippen LogP contribution in [0, 0.1) is 0 Å². The molecule has 94 valence electrons. The topological polar surface area (TPSA) is 61.8 Å².